The van der Waals surface area contributed by atoms with Gasteiger partial charge in [-0.1, -0.05) is 39.8 Å². The third-order valence-corrected chi connectivity index (χ3v) is 15.9. The number of hydrogen-bond donors (Lipinski definition) is 4. The fourth-order valence-electron chi connectivity index (χ4n) is 10.7. The smallest absolute Gasteiger partial charge is 0.407 e. The number of alkyl carbamates (subject to hydrolysis) is 2. The number of halogens is 1. The number of likely N-dealkylation sites (tertiary alicyclic amines) is 2. The lowest BCUT2D eigenvalue weighted by Crippen LogP contribution is -2.52. The van der Waals surface area contributed by atoms with Crippen molar-refractivity contribution in [1.82, 2.24) is 44.9 Å². The van der Waals surface area contributed by atoms with E-state index in [1.165, 1.54) is 19.1 Å². The molecule has 360 valence electrons. The number of amides is 4. The quantitative estimate of drug-likeness (QED) is 0.0927. The number of piperidine rings is 1. The van der Waals surface area contributed by atoms with E-state index >= 15 is 4.39 Å². The SMILES string of the molecule is COC(=O)N[C@H](C(=O)N1CCC[C@H]1c1ncc(-c2ccc3c(c2)OC(c2ccc(C4CC4)s2)n2c-3c(F)c3cc(-c4cnc([C@@H]5C[C@H]6C[C@H]6N5C(=O)[C@@H](NC(=O)OC)C(C)C)[nH]4)ccc32)[nH]1)C(C)C. The molecule has 5 aliphatic rings. The van der Waals surface area contributed by atoms with Crippen LogP contribution in [0.3, 0.4) is 0 Å². The van der Waals surface area contributed by atoms with Crippen molar-refractivity contribution in [1.29, 1.82) is 0 Å². The lowest BCUT2D eigenvalue weighted by Gasteiger charge is -2.31. The van der Waals surface area contributed by atoms with Crippen molar-refractivity contribution in [2.75, 3.05) is 20.8 Å². The predicted octanol–water partition coefficient (Wildman–Crippen LogP) is 9.19. The number of hydrogen-bond acceptors (Lipinski definition) is 10. The number of thiophene rings is 1. The van der Waals surface area contributed by atoms with Gasteiger partial charge in [-0.25, -0.2) is 23.9 Å². The molecule has 2 saturated heterocycles. The van der Waals surface area contributed by atoms with Crippen molar-refractivity contribution in [3.63, 3.8) is 0 Å². The monoisotopic (exact) mass is 957 g/mol. The molecule has 4 amide bonds. The molecular formula is C51H56FN9O7S. The number of nitrogens with zero attached hydrogens (tertiary/aromatic N) is 5. The zero-order chi connectivity index (χ0) is 48.0. The summed E-state index contributed by atoms with van der Waals surface area (Å²) in [6.45, 7) is 8.11. The Morgan fingerprint density at radius 3 is 2.10 bits per heavy atom. The first-order valence-electron chi connectivity index (χ1n) is 24.0. The van der Waals surface area contributed by atoms with Gasteiger partial charge in [0, 0.05) is 39.5 Å². The zero-order valence-corrected chi connectivity index (χ0v) is 40.2. The van der Waals surface area contributed by atoms with Crippen LogP contribution in [0.2, 0.25) is 0 Å². The number of imidazole rings is 2. The molecule has 3 aliphatic heterocycles. The van der Waals surface area contributed by atoms with E-state index in [0.717, 1.165) is 53.8 Å². The van der Waals surface area contributed by atoms with Crippen molar-refractivity contribution >= 4 is 46.2 Å². The van der Waals surface area contributed by atoms with Crippen LogP contribution in [0.25, 0.3) is 44.7 Å². The Morgan fingerprint density at radius 1 is 0.797 bits per heavy atom. The summed E-state index contributed by atoms with van der Waals surface area (Å²) in [6.07, 6.45) is 7.05. The Hall–Kier alpha value is -6.69. The molecule has 4 fully saturated rings. The Morgan fingerprint density at radius 2 is 1.43 bits per heavy atom. The minimum absolute atomic E-state index is 0.0895. The van der Waals surface area contributed by atoms with Crippen LogP contribution in [0.15, 0.2) is 60.9 Å². The molecule has 0 bridgehead atoms. The van der Waals surface area contributed by atoms with Crippen molar-refractivity contribution in [2.24, 2.45) is 17.8 Å². The van der Waals surface area contributed by atoms with E-state index < -0.39 is 30.5 Å². The van der Waals surface area contributed by atoms with E-state index in [-0.39, 0.29) is 47.6 Å². The molecule has 0 spiro atoms. The second-order valence-electron chi connectivity index (χ2n) is 19.8. The molecule has 2 aliphatic carbocycles. The van der Waals surface area contributed by atoms with Gasteiger partial charge in [0.2, 0.25) is 18.0 Å². The Kier molecular flexibility index (Phi) is 11.3. The fraction of sp³-hybridized carbons (Fsp3) is 0.451. The van der Waals surface area contributed by atoms with Gasteiger partial charge in [0.15, 0.2) is 5.82 Å². The summed E-state index contributed by atoms with van der Waals surface area (Å²) in [7, 11) is 2.56. The summed E-state index contributed by atoms with van der Waals surface area (Å²) in [5.74, 6) is 1.71. The van der Waals surface area contributed by atoms with Gasteiger partial charge in [-0.05, 0) is 98.6 Å². The highest BCUT2D eigenvalue weighted by atomic mass is 32.1. The van der Waals surface area contributed by atoms with Gasteiger partial charge in [0.05, 0.1) is 66.2 Å². The highest BCUT2D eigenvalue weighted by Gasteiger charge is 2.56. The standard InChI is InChI=1S/C51H56FN9O7S/c1-24(2)42(57-50(64)66-5)47(62)59-17-7-8-35(59)45-53-23-33(55-45)28-11-13-30-38(21-28)68-49(40-16-15-39(69-40)26-9-10-26)61-34-14-12-27(18-31(34)41(52)44(30)61)32-22-54-46(56-32)37-20-29-19-36(29)60(37)48(63)43(25(3)4)58-51(65)67-6/h11-16,18,21-26,29,35-37,42-43,49H,7-10,17,19-20H2,1-6H3,(H,53,55)(H,54,56)(H,57,64)(H,58,65)/t29-,35+,36-,37+,42+,43+,49?/m1/s1. The zero-order valence-electron chi connectivity index (χ0n) is 39.4. The van der Waals surface area contributed by atoms with Crippen LogP contribution in [0, 0.1) is 23.6 Å². The van der Waals surface area contributed by atoms with Crippen molar-refractivity contribution in [3.8, 4) is 39.5 Å². The number of ether oxygens (including phenoxy) is 3. The Labute approximate surface area is 402 Å². The third-order valence-electron chi connectivity index (χ3n) is 14.6. The lowest BCUT2D eigenvalue weighted by molar-refractivity contribution is -0.137. The van der Waals surface area contributed by atoms with Crippen LogP contribution in [0.1, 0.15) is 112 Å². The second kappa shape index (κ2) is 17.4. The summed E-state index contributed by atoms with van der Waals surface area (Å²) in [4.78, 5) is 74.7. The van der Waals surface area contributed by atoms with Gasteiger partial charge in [0.1, 0.15) is 29.5 Å². The van der Waals surface area contributed by atoms with E-state index in [4.69, 9.17) is 24.2 Å². The number of rotatable bonds is 12. The number of benzene rings is 2. The third kappa shape index (κ3) is 7.89. The van der Waals surface area contributed by atoms with E-state index in [9.17, 15) is 19.2 Å². The Bertz CT molecular complexity index is 3010. The van der Waals surface area contributed by atoms with E-state index in [1.54, 1.807) is 28.6 Å². The van der Waals surface area contributed by atoms with Crippen LogP contribution < -0.4 is 15.4 Å². The number of carbonyl (C=O) groups excluding carboxylic acids is 4. The van der Waals surface area contributed by atoms with Crippen LogP contribution in [0.5, 0.6) is 5.75 Å². The molecule has 11 rings (SSSR count). The van der Waals surface area contributed by atoms with Gasteiger partial charge < -0.3 is 44.6 Å². The van der Waals surface area contributed by atoms with Crippen molar-refractivity contribution in [2.45, 2.75) is 109 Å². The first kappa shape index (κ1) is 44.8. The van der Waals surface area contributed by atoms with E-state index in [2.05, 4.69) is 32.7 Å². The molecule has 2 saturated carbocycles. The Balaban J connectivity index is 0.909. The van der Waals surface area contributed by atoms with Gasteiger partial charge in [-0.3, -0.25) is 14.2 Å². The summed E-state index contributed by atoms with van der Waals surface area (Å²) in [6, 6.07) is 13.8. The fourth-order valence-corrected chi connectivity index (χ4v) is 11.9. The summed E-state index contributed by atoms with van der Waals surface area (Å²) >= 11 is 1.71. The molecule has 6 aromatic rings. The number of nitrogens with one attached hydrogen (secondary N) is 4. The van der Waals surface area contributed by atoms with Gasteiger partial charge in [-0.15, -0.1) is 11.3 Å². The maximum atomic E-state index is 17.5. The molecule has 1 unspecified atom stereocenters. The van der Waals surface area contributed by atoms with Crippen molar-refractivity contribution in [3.05, 3.63) is 88.1 Å². The molecule has 7 atom stereocenters. The molecule has 2 aromatic carbocycles. The number of fused-ring (bicyclic) bond motifs is 6. The molecule has 4 aromatic heterocycles. The molecule has 0 radical (unpaired) electrons. The molecule has 4 N–H and O–H groups in total. The first-order valence-corrected chi connectivity index (χ1v) is 24.8. The minimum Gasteiger partial charge on any atom is -0.464 e. The van der Waals surface area contributed by atoms with Gasteiger partial charge in [-0.2, -0.15) is 0 Å². The van der Waals surface area contributed by atoms with E-state index in [0.29, 0.717) is 70.1 Å². The van der Waals surface area contributed by atoms with Crippen LogP contribution in [-0.2, 0) is 19.1 Å². The molecule has 69 heavy (non-hydrogen) atoms. The largest absolute Gasteiger partial charge is 0.464 e. The number of aromatic amines is 2. The van der Waals surface area contributed by atoms with Gasteiger partial charge >= 0.3 is 12.2 Å². The molecule has 18 heteroatoms. The number of carbonyl (C=O) groups is 4. The average Bonchev–Trinajstić information content (AvgIpc) is 3.80. The maximum absolute atomic E-state index is 17.5. The molecule has 16 nitrogen and oxygen atoms in total. The second-order valence-corrected chi connectivity index (χ2v) is 20.9. The highest BCUT2D eigenvalue weighted by molar-refractivity contribution is 7.12. The van der Waals surface area contributed by atoms with Gasteiger partial charge in [0.25, 0.3) is 0 Å². The lowest BCUT2D eigenvalue weighted by atomic mass is 10.0. The van der Waals surface area contributed by atoms with Crippen LogP contribution >= 0.6 is 11.3 Å². The van der Waals surface area contributed by atoms with Crippen LogP contribution in [0.4, 0.5) is 14.0 Å². The van der Waals surface area contributed by atoms with Crippen molar-refractivity contribution < 1.29 is 37.8 Å². The number of aromatic nitrogens is 5. The summed E-state index contributed by atoms with van der Waals surface area (Å²) in [5, 5.41) is 5.88. The first-order chi connectivity index (χ1) is 33.3. The summed E-state index contributed by atoms with van der Waals surface area (Å²) in [5.41, 5.74) is 4.69. The molecule has 7 heterocycles. The number of methoxy groups -OCH3 is 2. The summed E-state index contributed by atoms with van der Waals surface area (Å²) < 4.78 is 36.0. The minimum atomic E-state index is -0.747. The topological polar surface area (TPSA) is 189 Å². The predicted molar refractivity (Wildman–Crippen MR) is 256 cm³/mol. The van der Waals surface area contributed by atoms with Crippen LogP contribution in [-0.4, -0.2) is 97.2 Å². The number of H-pyrrole nitrogens is 2. The maximum Gasteiger partial charge on any atom is 0.407 e. The highest BCUT2D eigenvalue weighted by Crippen LogP contribution is 2.54. The van der Waals surface area contributed by atoms with E-state index in [1.807, 2.05) is 73.6 Å². The molecular weight excluding hydrogens is 902 g/mol. The average molecular weight is 958 g/mol. The normalized spacial score (nSPS) is 22.2.